The standard InChI is InChI=1S/C16H17ClFNO/c1-2-19(10-12-3-6-14(18)7-4-12)15-8-5-13(11-20)16(17)9-15/h3-9,20H,2,10-11H2,1H3. The smallest absolute Gasteiger partial charge is 0.123 e. The monoisotopic (exact) mass is 293 g/mol. The molecule has 2 aromatic carbocycles. The zero-order chi connectivity index (χ0) is 14.5. The molecule has 0 aromatic heterocycles. The molecule has 0 unspecified atom stereocenters. The zero-order valence-electron chi connectivity index (χ0n) is 11.3. The number of nitrogens with zero attached hydrogens (tertiary/aromatic N) is 1. The number of aliphatic hydroxyl groups excluding tert-OH is 1. The van der Waals surface area contributed by atoms with Crippen molar-refractivity contribution in [1.82, 2.24) is 0 Å². The van der Waals surface area contributed by atoms with E-state index in [9.17, 15) is 4.39 Å². The van der Waals surface area contributed by atoms with Crippen LogP contribution in [0.15, 0.2) is 42.5 Å². The molecule has 0 atom stereocenters. The lowest BCUT2D eigenvalue weighted by molar-refractivity contribution is 0.282. The number of anilines is 1. The summed E-state index contributed by atoms with van der Waals surface area (Å²) < 4.78 is 12.9. The van der Waals surface area contributed by atoms with Crippen LogP contribution in [-0.2, 0) is 13.2 Å². The minimum absolute atomic E-state index is 0.0663. The predicted octanol–water partition coefficient (Wildman–Crippen LogP) is 4.00. The van der Waals surface area contributed by atoms with E-state index in [4.69, 9.17) is 16.7 Å². The topological polar surface area (TPSA) is 23.5 Å². The molecule has 2 rings (SSSR count). The van der Waals surface area contributed by atoms with Crippen molar-refractivity contribution in [2.75, 3.05) is 11.4 Å². The average Bonchev–Trinajstić information content (AvgIpc) is 2.46. The first kappa shape index (κ1) is 14.8. The van der Waals surface area contributed by atoms with Gasteiger partial charge in [-0.2, -0.15) is 0 Å². The fourth-order valence-corrected chi connectivity index (χ4v) is 2.29. The highest BCUT2D eigenvalue weighted by atomic mass is 35.5. The van der Waals surface area contributed by atoms with Crippen molar-refractivity contribution in [3.8, 4) is 0 Å². The molecule has 0 heterocycles. The second-order valence-electron chi connectivity index (χ2n) is 4.57. The van der Waals surface area contributed by atoms with E-state index < -0.39 is 0 Å². The van der Waals surface area contributed by atoms with Gasteiger partial charge in [-0.3, -0.25) is 0 Å². The van der Waals surface area contributed by atoms with Gasteiger partial charge in [-0.05, 0) is 42.3 Å². The summed E-state index contributed by atoms with van der Waals surface area (Å²) >= 11 is 6.12. The quantitative estimate of drug-likeness (QED) is 0.901. The van der Waals surface area contributed by atoms with Crippen LogP contribution in [0.1, 0.15) is 18.1 Å². The summed E-state index contributed by atoms with van der Waals surface area (Å²) in [7, 11) is 0. The van der Waals surface area contributed by atoms with Crippen LogP contribution in [0, 0.1) is 5.82 Å². The van der Waals surface area contributed by atoms with Crippen molar-refractivity contribution in [1.29, 1.82) is 0 Å². The third-order valence-corrected chi connectivity index (χ3v) is 3.59. The first-order valence-corrected chi connectivity index (χ1v) is 6.90. The number of aliphatic hydroxyl groups is 1. The minimum Gasteiger partial charge on any atom is -0.392 e. The molecule has 2 aromatic rings. The molecule has 0 aliphatic rings. The van der Waals surface area contributed by atoms with E-state index in [1.165, 1.54) is 12.1 Å². The summed E-state index contributed by atoms with van der Waals surface area (Å²) in [6.45, 7) is 3.48. The molecule has 0 saturated heterocycles. The van der Waals surface area contributed by atoms with E-state index in [0.29, 0.717) is 17.1 Å². The van der Waals surface area contributed by atoms with Crippen molar-refractivity contribution in [2.24, 2.45) is 0 Å². The number of rotatable bonds is 5. The van der Waals surface area contributed by atoms with Gasteiger partial charge in [0.1, 0.15) is 5.82 Å². The van der Waals surface area contributed by atoms with Crippen molar-refractivity contribution in [2.45, 2.75) is 20.1 Å². The van der Waals surface area contributed by atoms with E-state index >= 15 is 0 Å². The molecule has 1 N–H and O–H groups in total. The van der Waals surface area contributed by atoms with E-state index in [1.807, 2.05) is 18.2 Å². The summed E-state index contributed by atoms with van der Waals surface area (Å²) in [4.78, 5) is 2.14. The Morgan fingerprint density at radius 1 is 1.15 bits per heavy atom. The fraction of sp³-hybridized carbons (Fsp3) is 0.250. The lowest BCUT2D eigenvalue weighted by Gasteiger charge is -2.24. The Labute approximate surface area is 123 Å². The van der Waals surface area contributed by atoms with Crippen LogP contribution in [0.2, 0.25) is 5.02 Å². The van der Waals surface area contributed by atoms with Gasteiger partial charge >= 0.3 is 0 Å². The van der Waals surface area contributed by atoms with Gasteiger partial charge in [-0.25, -0.2) is 4.39 Å². The zero-order valence-corrected chi connectivity index (χ0v) is 12.1. The number of hydrogen-bond acceptors (Lipinski definition) is 2. The maximum Gasteiger partial charge on any atom is 0.123 e. The Morgan fingerprint density at radius 3 is 2.40 bits per heavy atom. The third kappa shape index (κ3) is 3.50. The lowest BCUT2D eigenvalue weighted by atomic mass is 10.1. The van der Waals surface area contributed by atoms with Gasteiger partial charge in [0.25, 0.3) is 0 Å². The van der Waals surface area contributed by atoms with Gasteiger partial charge < -0.3 is 10.0 Å². The molecule has 0 aliphatic carbocycles. The first-order chi connectivity index (χ1) is 9.63. The van der Waals surface area contributed by atoms with Crippen molar-refractivity contribution < 1.29 is 9.50 Å². The van der Waals surface area contributed by atoms with Crippen LogP contribution in [0.3, 0.4) is 0 Å². The van der Waals surface area contributed by atoms with Gasteiger partial charge in [0, 0.05) is 23.8 Å². The SMILES string of the molecule is CCN(Cc1ccc(F)cc1)c1ccc(CO)c(Cl)c1. The van der Waals surface area contributed by atoms with Gasteiger partial charge in [0.05, 0.1) is 6.61 Å². The Balaban J connectivity index is 2.19. The van der Waals surface area contributed by atoms with E-state index in [0.717, 1.165) is 17.8 Å². The summed E-state index contributed by atoms with van der Waals surface area (Å²) in [5, 5.41) is 9.69. The van der Waals surface area contributed by atoms with Crippen LogP contribution >= 0.6 is 11.6 Å². The molecule has 106 valence electrons. The van der Waals surface area contributed by atoms with Gasteiger partial charge in [0.15, 0.2) is 0 Å². The van der Waals surface area contributed by atoms with Crippen molar-refractivity contribution in [3.05, 3.63) is 64.4 Å². The minimum atomic E-state index is -0.229. The first-order valence-electron chi connectivity index (χ1n) is 6.52. The molecule has 0 aliphatic heterocycles. The molecule has 0 spiro atoms. The second-order valence-corrected chi connectivity index (χ2v) is 4.98. The molecule has 0 fully saturated rings. The van der Waals surface area contributed by atoms with Crippen LogP contribution in [-0.4, -0.2) is 11.7 Å². The van der Waals surface area contributed by atoms with Crippen LogP contribution in [0.5, 0.6) is 0 Å². The summed E-state index contributed by atoms with van der Waals surface area (Å²) in [6.07, 6.45) is 0. The van der Waals surface area contributed by atoms with Gasteiger partial charge in [-0.1, -0.05) is 29.8 Å². The maximum atomic E-state index is 12.9. The number of hydrogen-bond donors (Lipinski definition) is 1. The van der Waals surface area contributed by atoms with E-state index in [2.05, 4.69) is 11.8 Å². The lowest BCUT2D eigenvalue weighted by Crippen LogP contribution is -2.22. The normalized spacial score (nSPS) is 10.6. The number of benzene rings is 2. The van der Waals surface area contributed by atoms with E-state index in [1.54, 1.807) is 12.1 Å². The molecule has 4 heteroatoms. The highest BCUT2D eigenvalue weighted by molar-refractivity contribution is 6.31. The predicted molar refractivity (Wildman–Crippen MR) is 80.5 cm³/mol. The van der Waals surface area contributed by atoms with Gasteiger partial charge in [-0.15, -0.1) is 0 Å². The average molecular weight is 294 g/mol. The van der Waals surface area contributed by atoms with E-state index in [-0.39, 0.29) is 12.4 Å². The highest BCUT2D eigenvalue weighted by Crippen LogP contribution is 2.25. The summed E-state index contributed by atoms with van der Waals surface area (Å²) in [5.74, 6) is -0.229. The van der Waals surface area contributed by atoms with Crippen LogP contribution in [0.25, 0.3) is 0 Å². The van der Waals surface area contributed by atoms with Crippen molar-refractivity contribution in [3.63, 3.8) is 0 Å². The molecule has 0 amide bonds. The molecular weight excluding hydrogens is 277 g/mol. The van der Waals surface area contributed by atoms with Crippen molar-refractivity contribution >= 4 is 17.3 Å². The number of halogens is 2. The maximum absolute atomic E-state index is 12.9. The Kier molecular flexibility index (Phi) is 4.99. The largest absolute Gasteiger partial charge is 0.392 e. The molecule has 0 bridgehead atoms. The van der Waals surface area contributed by atoms with Crippen LogP contribution in [0.4, 0.5) is 10.1 Å². The molecular formula is C16H17ClFNO. The third-order valence-electron chi connectivity index (χ3n) is 3.24. The Morgan fingerprint density at radius 2 is 1.85 bits per heavy atom. The Bertz CT molecular complexity index is 571. The van der Waals surface area contributed by atoms with Gasteiger partial charge in [0.2, 0.25) is 0 Å². The second kappa shape index (κ2) is 6.73. The molecule has 20 heavy (non-hydrogen) atoms. The van der Waals surface area contributed by atoms with Crippen LogP contribution < -0.4 is 4.90 Å². The fourth-order valence-electron chi connectivity index (χ4n) is 2.06. The summed E-state index contributed by atoms with van der Waals surface area (Å²) in [5.41, 5.74) is 2.74. The highest BCUT2D eigenvalue weighted by Gasteiger charge is 2.08. The summed E-state index contributed by atoms with van der Waals surface area (Å²) in [6, 6.07) is 12.1. The molecule has 0 saturated carbocycles. The Hall–Kier alpha value is -1.58. The molecule has 0 radical (unpaired) electrons. The molecule has 2 nitrogen and oxygen atoms in total.